The Morgan fingerprint density at radius 3 is 2.55 bits per heavy atom. The Hall–Kier alpha value is -1.11. The summed E-state index contributed by atoms with van der Waals surface area (Å²) in [5, 5.41) is 21.9. The van der Waals surface area contributed by atoms with Gasteiger partial charge in [-0.15, -0.1) is 0 Å². The number of carbonyl (C=O) groups is 1. The lowest BCUT2D eigenvalue weighted by atomic mass is 9.62. The number of phenols is 1. The number of fused-ring (bicyclic) bond motifs is 3. The number of hydrogen-bond donors (Lipinski definition) is 2. The van der Waals surface area contributed by atoms with E-state index >= 15 is 0 Å². The van der Waals surface area contributed by atoms with Crippen molar-refractivity contribution in [1.29, 1.82) is 0 Å². The van der Waals surface area contributed by atoms with Crippen molar-refractivity contribution in [3.8, 4) is 5.75 Å². The van der Waals surface area contributed by atoms with E-state index in [-0.39, 0.29) is 26.7 Å². The molecule has 0 fully saturated rings. The van der Waals surface area contributed by atoms with E-state index in [9.17, 15) is 15.0 Å². The van der Waals surface area contributed by atoms with Crippen molar-refractivity contribution in [3.63, 3.8) is 0 Å². The molecule has 0 radical (unpaired) electrons. The van der Waals surface area contributed by atoms with E-state index in [4.69, 9.17) is 4.74 Å². The Kier molecular flexibility index (Phi) is 8.23. The maximum atomic E-state index is 13.0. The molecular weight excluding hydrogens is 548 g/mol. The number of carbonyl (C=O) groups excluding carboxylic acids is 1. The van der Waals surface area contributed by atoms with Crippen LogP contribution in [-0.2, 0) is 11.2 Å². The number of cyclic esters (lactones) is 1. The van der Waals surface area contributed by atoms with Gasteiger partial charge in [-0.3, -0.25) is 0 Å². The minimum Gasteiger partial charge on any atom is -0.508 e. The summed E-state index contributed by atoms with van der Waals surface area (Å²) in [6, 6.07) is 4.96. The summed E-state index contributed by atoms with van der Waals surface area (Å²) in [6.07, 6.45) is 6.04. The number of rotatable bonds is 1. The van der Waals surface area contributed by atoms with Crippen LogP contribution in [0.5, 0.6) is 5.75 Å². The lowest BCUT2D eigenvalue weighted by Gasteiger charge is -2.46. The molecular formula is C27H36Br2O4. The average molecular weight is 584 g/mol. The zero-order chi connectivity index (χ0) is 24.6. The Morgan fingerprint density at radius 1 is 1.18 bits per heavy atom. The van der Waals surface area contributed by atoms with Gasteiger partial charge in [0.1, 0.15) is 11.9 Å². The summed E-state index contributed by atoms with van der Waals surface area (Å²) in [5.41, 5.74) is 2.18. The Bertz CT molecular complexity index is 938. The number of hydrogen-bond acceptors (Lipinski definition) is 4. The molecule has 1 aromatic rings. The van der Waals surface area contributed by atoms with Crippen LogP contribution >= 0.6 is 31.9 Å². The summed E-state index contributed by atoms with van der Waals surface area (Å²) in [7, 11) is 0. The first-order chi connectivity index (χ1) is 15.3. The number of alkyl halides is 2. The van der Waals surface area contributed by atoms with Crippen LogP contribution in [0.4, 0.5) is 0 Å². The van der Waals surface area contributed by atoms with Crippen molar-refractivity contribution in [2.24, 2.45) is 11.3 Å². The second-order valence-corrected chi connectivity index (χ2v) is 12.6. The molecule has 1 aliphatic carbocycles. The van der Waals surface area contributed by atoms with E-state index < -0.39 is 17.7 Å². The van der Waals surface area contributed by atoms with Gasteiger partial charge in [-0.05, 0) is 100.0 Å². The van der Waals surface area contributed by atoms with Gasteiger partial charge >= 0.3 is 5.97 Å². The van der Waals surface area contributed by atoms with Crippen molar-refractivity contribution in [2.75, 3.05) is 0 Å². The predicted molar refractivity (Wildman–Crippen MR) is 140 cm³/mol. The summed E-state index contributed by atoms with van der Waals surface area (Å²) in [5.74, 6) is -0.0580. The topological polar surface area (TPSA) is 66.8 Å². The Morgan fingerprint density at radius 2 is 1.88 bits per heavy atom. The number of benzene rings is 1. The van der Waals surface area contributed by atoms with Crippen molar-refractivity contribution in [1.82, 2.24) is 0 Å². The number of allylic oxidation sites excluding steroid dienone is 2. The van der Waals surface area contributed by atoms with Crippen molar-refractivity contribution >= 4 is 37.8 Å². The van der Waals surface area contributed by atoms with Crippen molar-refractivity contribution in [2.45, 2.75) is 87.6 Å². The van der Waals surface area contributed by atoms with Crippen molar-refractivity contribution in [3.05, 3.63) is 53.1 Å². The van der Waals surface area contributed by atoms with Gasteiger partial charge in [0.2, 0.25) is 0 Å². The quantitative estimate of drug-likeness (QED) is 0.215. The molecule has 6 atom stereocenters. The first kappa shape index (κ1) is 26.5. The molecule has 1 heterocycles. The molecule has 0 spiro atoms. The molecule has 1 aliphatic heterocycles. The standard InChI is InChI=1S/C27H36Br2O4/c1-16(2)22-10-13-27(5,32)24(29)11-12-26(4)20(17(3)6-9-23(26)28)15-19-14-18(25(31)33-22)7-8-21(19)30/h6-8,14,20,22-24,30,32H,1,9-13,15H2,2-5H3/t20-,22+,23+,24-,26+,27+/m1/s1. The van der Waals surface area contributed by atoms with Gasteiger partial charge in [0.25, 0.3) is 0 Å². The molecule has 4 nitrogen and oxygen atoms in total. The van der Waals surface area contributed by atoms with E-state index in [1.807, 2.05) is 13.8 Å². The van der Waals surface area contributed by atoms with Gasteiger partial charge in [0.05, 0.1) is 11.2 Å². The monoisotopic (exact) mass is 582 g/mol. The largest absolute Gasteiger partial charge is 0.508 e. The zero-order valence-electron chi connectivity index (χ0n) is 20.0. The molecule has 0 amide bonds. The molecule has 0 aromatic heterocycles. The highest BCUT2D eigenvalue weighted by Gasteiger charge is 2.44. The number of halogens is 2. The highest BCUT2D eigenvalue weighted by Crippen LogP contribution is 2.51. The fourth-order valence-corrected chi connectivity index (χ4v) is 6.38. The normalized spacial score (nSPS) is 36.0. The summed E-state index contributed by atoms with van der Waals surface area (Å²) in [4.78, 5) is 13.2. The number of ether oxygens (including phenoxy) is 1. The lowest BCUT2D eigenvalue weighted by Crippen LogP contribution is -2.43. The van der Waals surface area contributed by atoms with Crippen LogP contribution in [0.2, 0.25) is 0 Å². The van der Waals surface area contributed by atoms with Crippen LogP contribution in [0.3, 0.4) is 0 Å². The molecule has 2 aliphatic rings. The number of phenolic OH excluding ortho intramolecular Hbond substituents is 1. The number of esters is 1. The molecule has 0 unspecified atom stereocenters. The molecule has 182 valence electrons. The molecule has 0 saturated heterocycles. The van der Waals surface area contributed by atoms with Crippen LogP contribution < -0.4 is 0 Å². The third kappa shape index (κ3) is 5.76. The van der Waals surface area contributed by atoms with Gasteiger partial charge in [-0.2, -0.15) is 0 Å². The fraction of sp³-hybridized carbons (Fsp3) is 0.593. The van der Waals surface area contributed by atoms with Crippen molar-refractivity contribution < 1.29 is 19.7 Å². The average Bonchev–Trinajstić information content (AvgIpc) is 2.75. The van der Waals surface area contributed by atoms with Crippen LogP contribution in [-0.4, -0.2) is 37.5 Å². The molecule has 2 N–H and O–H groups in total. The summed E-state index contributed by atoms with van der Waals surface area (Å²) >= 11 is 7.71. The third-order valence-electron chi connectivity index (χ3n) is 7.77. The van der Waals surface area contributed by atoms with Gasteiger partial charge in [0, 0.05) is 9.65 Å². The number of aromatic hydroxyl groups is 1. The van der Waals surface area contributed by atoms with E-state index in [1.165, 1.54) is 5.57 Å². The first-order valence-corrected chi connectivity index (χ1v) is 13.5. The van der Waals surface area contributed by atoms with E-state index in [0.29, 0.717) is 24.8 Å². The van der Waals surface area contributed by atoms with Crippen LogP contribution in [0.15, 0.2) is 42.0 Å². The number of aliphatic hydroxyl groups is 1. The molecule has 0 saturated carbocycles. The van der Waals surface area contributed by atoms with Crippen LogP contribution in [0, 0.1) is 11.3 Å². The second kappa shape index (κ2) is 10.2. The minimum absolute atomic E-state index is 0.0791. The molecule has 3 rings (SSSR count). The summed E-state index contributed by atoms with van der Waals surface area (Å²) < 4.78 is 5.79. The maximum absolute atomic E-state index is 13.0. The van der Waals surface area contributed by atoms with E-state index in [1.54, 1.807) is 18.2 Å². The molecule has 6 heteroatoms. The lowest BCUT2D eigenvalue weighted by molar-refractivity contribution is 0.0134. The smallest absolute Gasteiger partial charge is 0.338 e. The molecule has 33 heavy (non-hydrogen) atoms. The fourth-order valence-electron chi connectivity index (χ4n) is 5.19. The highest BCUT2D eigenvalue weighted by atomic mass is 79.9. The summed E-state index contributed by atoms with van der Waals surface area (Å²) in [6.45, 7) is 12.1. The van der Waals surface area contributed by atoms with Gasteiger partial charge in [0.15, 0.2) is 0 Å². The van der Waals surface area contributed by atoms with Gasteiger partial charge < -0.3 is 14.9 Å². The Balaban J connectivity index is 2.06. The highest BCUT2D eigenvalue weighted by molar-refractivity contribution is 9.09. The molecule has 2 bridgehead atoms. The second-order valence-electron chi connectivity index (χ2n) is 10.4. The van der Waals surface area contributed by atoms with E-state index in [2.05, 4.69) is 58.4 Å². The first-order valence-electron chi connectivity index (χ1n) is 11.7. The third-order valence-corrected chi connectivity index (χ3v) is 10.6. The van der Waals surface area contributed by atoms with Crippen LogP contribution in [0.1, 0.15) is 75.7 Å². The van der Waals surface area contributed by atoms with Gasteiger partial charge in [-0.1, -0.05) is 57.0 Å². The SMILES string of the molecule is C=C(C)[C@@H]1CC[C@](C)(O)[C@H](Br)CC[C@@]2(C)[C@H](Cc3cc(ccc3O)C(=O)O1)C(C)=CC[C@@H]2Br. The maximum Gasteiger partial charge on any atom is 0.338 e. The predicted octanol–water partition coefficient (Wildman–Crippen LogP) is 6.86. The Labute approximate surface area is 214 Å². The van der Waals surface area contributed by atoms with E-state index in [0.717, 1.165) is 30.4 Å². The molecule has 1 aromatic carbocycles. The van der Waals surface area contributed by atoms with Crippen LogP contribution in [0.25, 0.3) is 0 Å². The van der Waals surface area contributed by atoms with Gasteiger partial charge in [-0.25, -0.2) is 4.79 Å². The zero-order valence-corrected chi connectivity index (χ0v) is 23.2. The minimum atomic E-state index is -0.955.